The molecule has 0 aromatic carbocycles. The van der Waals surface area contributed by atoms with Crippen molar-refractivity contribution >= 4 is 11.8 Å². The molecule has 1 atom stereocenters. The summed E-state index contributed by atoms with van der Waals surface area (Å²) in [4.78, 5) is 2.52. The maximum atomic E-state index is 3.34. The first kappa shape index (κ1) is 6.70. The fraction of sp³-hybridized carbons (Fsp3) is 0.714. The van der Waals surface area contributed by atoms with E-state index in [1.165, 1.54) is 13.1 Å². The molecule has 0 saturated carbocycles. The van der Waals surface area contributed by atoms with E-state index in [4.69, 9.17) is 0 Å². The van der Waals surface area contributed by atoms with Crippen LogP contribution in [0.5, 0.6) is 0 Å². The SMILES string of the molecule is C1=CC(N2CCNCC2)S1. The van der Waals surface area contributed by atoms with Crippen molar-refractivity contribution in [1.82, 2.24) is 10.2 Å². The van der Waals surface area contributed by atoms with Crippen molar-refractivity contribution in [3.05, 3.63) is 11.5 Å². The Labute approximate surface area is 65.7 Å². The average Bonchev–Trinajstić information content (AvgIpc) is 1.86. The minimum atomic E-state index is 0.696. The van der Waals surface area contributed by atoms with Crippen LogP contribution in [-0.2, 0) is 0 Å². The van der Waals surface area contributed by atoms with Gasteiger partial charge in [0, 0.05) is 26.2 Å². The Morgan fingerprint density at radius 1 is 1.40 bits per heavy atom. The van der Waals surface area contributed by atoms with Crippen LogP contribution in [-0.4, -0.2) is 36.5 Å². The molecule has 1 saturated heterocycles. The molecule has 0 spiro atoms. The van der Waals surface area contributed by atoms with Gasteiger partial charge in [0.1, 0.15) is 0 Å². The predicted octanol–water partition coefficient (Wildman–Crippen LogP) is 0.478. The van der Waals surface area contributed by atoms with E-state index in [9.17, 15) is 0 Å². The van der Waals surface area contributed by atoms with E-state index in [0.29, 0.717) is 5.37 Å². The molecule has 0 amide bonds. The predicted molar refractivity (Wildman–Crippen MR) is 45.0 cm³/mol. The van der Waals surface area contributed by atoms with Gasteiger partial charge in [-0.25, -0.2) is 0 Å². The summed E-state index contributed by atoms with van der Waals surface area (Å²) in [5, 5.41) is 6.21. The first-order valence-corrected chi connectivity index (χ1v) is 4.68. The summed E-state index contributed by atoms with van der Waals surface area (Å²) >= 11 is 1.93. The van der Waals surface area contributed by atoms with Gasteiger partial charge in [-0.1, -0.05) is 6.08 Å². The quantitative estimate of drug-likeness (QED) is 0.594. The summed E-state index contributed by atoms with van der Waals surface area (Å²) in [6.07, 6.45) is 2.27. The van der Waals surface area contributed by atoms with Crippen LogP contribution in [0, 0.1) is 0 Å². The topological polar surface area (TPSA) is 15.3 Å². The van der Waals surface area contributed by atoms with Crippen molar-refractivity contribution < 1.29 is 0 Å². The van der Waals surface area contributed by atoms with Crippen LogP contribution in [0.4, 0.5) is 0 Å². The molecule has 0 aromatic heterocycles. The summed E-state index contributed by atoms with van der Waals surface area (Å²) in [6, 6.07) is 0. The molecule has 1 unspecified atom stereocenters. The highest BCUT2D eigenvalue weighted by Crippen LogP contribution is 2.27. The number of piperazine rings is 1. The molecule has 56 valence electrons. The molecule has 0 bridgehead atoms. The lowest BCUT2D eigenvalue weighted by atomic mass is 10.3. The van der Waals surface area contributed by atoms with Gasteiger partial charge in [0.2, 0.25) is 0 Å². The standard InChI is InChI=1S/C7H12N2S/c1-6-10-7(1)9-4-2-8-3-5-9/h1,6-8H,2-5H2. The Hall–Kier alpha value is 0.0100. The molecule has 1 fully saturated rings. The van der Waals surface area contributed by atoms with Crippen molar-refractivity contribution in [2.45, 2.75) is 5.37 Å². The van der Waals surface area contributed by atoms with E-state index in [0.717, 1.165) is 13.1 Å². The fourth-order valence-electron chi connectivity index (χ4n) is 1.29. The average molecular weight is 156 g/mol. The van der Waals surface area contributed by atoms with Gasteiger partial charge in [0.05, 0.1) is 5.37 Å². The molecule has 3 heteroatoms. The first-order chi connectivity index (χ1) is 4.97. The minimum absolute atomic E-state index is 0.696. The third-order valence-electron chi connectivity index (χ3n) is 1.97. The van der Waals surface area contributed by atoms with Gasteiger partial charge in [-0.15, -0.1) is 11.8 Å². The van der Waals surface area contributed by atoms with Gasteiger partial charge in [0.25, 0.3) is 0 Å². The zero-order chi connectivity index (χ0) is 6.81. The lowest BCUT2D eigenvalue weighted by Crippen LogP contribution is -2.47. The smallest absolute Gasteiger partial charge is 0.0793 e. The molecule has 1 N–H and O–H groups in total. The van der Waals surface area contributed by atoms with Gasteiger partial charge >= 0.3 is 0 Å². The lowest BCUT2D eigenvalue weighted by molar-refractivity contribution is 0.246. The van der Waals surface area contributed by atoms with E-state index < -0.39 is 0 Å². The second kappa shape index (κ2) is 2.95. The van der Waals surface area contributed by atoms with Crippen molar-refractivity contribution in [2.24, 2.45) is 0 Å². The Kier molecular flexibility index (Phi) is 1.97. The normalized spacial score (nSPS) is 33.8. The van der Waals surface area contributed by atoms with Gasteiger partial charge in [-0.05, 0) is 5.41 Å². The third-order valence-corrected chi connectivity index (χ3v) is 3.02. The highest BCUT2D eigenvalue weighted by molar-refractivity contribution is 8.04. The molecule has 10 heavy (non-hydrogen) atoms. The van der Waals surface area contributed by atoms with Crippen LogP contribution in [0.15, 0.2) is 11.5 Å². The zero-order valence-electron chi connectivity index (χ0n) is 5.92. The second-order valence-corrected chi connectivity index (χ2v) is 3.67. The van der Waals surface area contributed by atoms with Gasteiger partial charge in [0.15, 0.2) is 0 Å². The Balaban J connectivity index is 1.85. The lowest BCUT2D eigenvalue weighted by Gasteiger charge is -2.35. The largest absolute Gasteiger partial charge is 0.314 e. The van der Waals surface area contributed by atoms with Crippen molar-refractivity contribution in [2.75, 3.05) is 26.2 Å². The van der Waals surface area contributed by atoms with E-state index in [1.807, 2.05) is 11.8 Å². The highest BCUT2D eigenvalue weighted by Gasteiger charge is 2.21. The Bertz CT molecular complexity index is 141. The zero-order valence-corrected chi connectivity index (χ0v) is 6.73. The van der Waals surface area contributed by atoms with Crippen LogP contribution in [0.3, 0.4) is 0 Å². The van der Waals surface area contributed by atoms with Gasteiger partial charge in [-0.2, -0.15) is 0 Å². The summed E-state index contributed by atoms with van der Waals surface area (Å²) in [5.74, 6) is 0. The van der Waals surface area contributed by atoms with E-state index in [2.05, 4.69) is 21.7 Å². The first-order valence-electron chi connectivity index (χ1n) is 3.74. The Morgan fingerprint density at radius 2 is 2.10 bits per heavy atom. The van der Waals surface area contributed by atoms with Crippen LogP contribution >= 0.6 is 11.8 Å². The van der Waals surface area contributed by atoms with Gasteiger partial charge in [-0.3, -0.25) is 4.90 Å². The van der Waals surface area contributed by atoms with Crippen LogP contribution in [0.2, 0.25) is 0 Å². The van der Waals surface area contributed by atoms with Crippen LogP contribution in [0.1, 0.15) is 0 Å². The van der Waals surface area contributed by atoms with Crippen molar-refractivity contribution in [3.8, 4) is 0 Å². The van der Waals surface area contributed by atoms with Crippen molar-refractivity contribution in [1.29, 1.82) is 0 Å². The summed E-state index contributed by atoms with van der Waals surface area (Å²) < 4.78 is 0. The fourth-order valence-corrected chi connectivity index (χ4v) is 1.97. The van der Waals surface area contributed by atoms with E-state index in [-0.39, 0.29) is 0 Å². The monoisotopic (exact) mass is 156 g/mol. The summed E-state index contributed by atoms with van der Waals surface area (Å²) in [5.41, 5.74) is 0. The number of hydrogen-bond acceptors (Lipinski definition) is 3. The van der Waals surface area contributed by atoms with Crippen molar-refractivity contribution in [3.63, 3.8) is 0 Å². The number of hydrogen-bond donors (Lipinski definition) is 1. The molecular weight excluding hydrogens is 144 g/mol. The molecule has 2 aliphatic rings. The van der Waals surface area contributed by atoms with Crippen LogP contribution < -0.4 is 5.32 Å². The van der Waals surface area contributed by atoms with E-state index >= 15 is 0 Å². The number of thioether (sulfide) groups is 1. The molecule has 2 rings (SSSR count). The molecule has 2 aliphatic heterocycles. The molecule has 0 radical (unpaired) electrons. The number of rotatable bonds is 1. The molecule has 0 aliphatic carbocycles. The molecular formula is C7H12N2S. The molecule has 2 nitrogen and oxygen atoms in total. The summed E-state index contributed by atoms with van der Waals surface area (Å²) in [7, 11) is 0. The second-order valence-electron chi connectivity index (χ2n) is 2.64. The summed E-state index contributed by atoms with van der Waals surface area (Å²) in [6.45, 7) is 4.74. The van der Waals surface area contributed by atoms with E-state index in [1.54, 1.807) is 0 Å². The number of nitrogens with one attached hydrogen (secondary N) is 1. The molecule has 2 heterocycles. The minimum Gasteiger partial charge on any atom is -0.314 e. The number of nitrogens with zero attached hydrogens (tertiary/aromatic N) is 1. The third kappa shape index (κ3) is 1.21. The maximum absolute atomic E-state index is 3.34. The Morgan fingerprint density at radius 3 is 2.60 bits per heavy atom. The highest BCUT2D eigenvalue weighted by atomic mass is 32.2. The van der Waals surface area contributed by atoms with Crippen LogP contribution in [0.25, 0.3) is 0 Å². The maximum Gasteiger partial charge on any atom is 0.0793 e. The van der Waals surface area contributed by atoms with Gasteiger partial charge < -0.3 is 5.32 Å². The molecule has 0 aromatic rings.